The molecule has 0 atom stereocenters. The zero-order valence-electron chi connectivity index (χ0n) is 14.7. The quantitative estimate of drug-likeness (QED) is 0.323. The largest absolute Gasteiger partial charge is 0.386 e. The highest BCUT2D eigenvalue weighted by atomic mass is 35.5. The summed E-state index contributed by atoms with van der Waals surface area (Å²) in [7, 11) is -4.31. The Bertz CT molecular complexity index is 918. The minimum absolute atomic E-state index is 0.0400. The Balaban J connectivity index is 2.45. The maximum absolute atomic E-state index is 11.4. The van der Waals surface area contributed by atoms with Gasteiger partial charge in [-0.1, -0.05) is 44.7 Å². The smallest absolute Gasteiger partial charge is 0.294 e. The van der Waals surface area contributed by atoms with Gasteiger partial charge in [-0.25, -0.2) is 4.99 Å². The van der Waals surface area contributed by atoms with Gasteiger partial charge in [-0.05, 0) is 41.3 Å². The molecule has 0 heterocycles. The first-order chi connectivity index (χ1) is 12.0. The minimum Gasteiger partial charge on any atom is -0.386 e. The lowest BCUT2D eigenvalue weighted by Crippen LogP contribution is -2.12. The van der Waals surface area contributed by atoms with E-state index >= 15 is 0 Å². The number of aliphatic imine (C=N–C) groups is 1. The molecule has 3 N–H and O–H groups in total. The van der Waals surface area contributed by atoms with E-state index in [2.05, 4.69) is 25.8 Å². The van der Waals surface area contributed by atoms with Crippen molar-refractivity contribution in [2.45, 2.75) is 40.9 Å². The monoisotopic (exact) mass is 412 g/mol. The second-order valence-electron chi connectivity index (χ2n) is 6.72. The van der Waals surface area contributed by atoms with E-state index in [-0.39, 0.29) is 22.0 Å². The van der Waals surface area contributed by atoms with E-state index in [4.69, 9.17) is 17.3 Å². The number of halogens is 1. The summed E-state index contributed by atoms with van der Waals surface area (Å²) in [4.78, 5) is 5.48. The topological polar surface area (TPSA) is 92.8 Å². The Morgan fingerprint density at radius 2 is 1.81 bits per heavy atom. The van der Waals surface area contributed by atoms with Crippen LogP contribution in [0.4, 0.5) is 5.69 Å². The second-order valence-corrected chi connectivity index (χ2v) is 9.52. The van der Waals surface area contributed by atoms with E-state index in [1.807, 2.05) is 24.3 Å². The summed E-state index contributed by atoms with van der Waals surface area (Å²) in [5, 5.41) is 0. The second kappa shape index (κ2) is 8.00. The molecule has 0 fully saturated rings. The zero-order valence-corrected chi connectivity index (χ0v) is 17.1. The molecule has 0 aliphatic rings. The lowest BCUT2D eigenvalue weighted by Gasteiger charge is -2.19. The lowest BCUT2D eigenvalue weighted by molar-refractivity contribution is 0.483. The van der Waals surface area contributed by atoms with Gasteiger partial charge in [0.25, 0.3) is 10.1 Å². The Labute approximate surface area is 163 Å². The van der Waals surface area contributed by atoms with Crippen LogP contribution in [0.15, 0.2) is 62.1 Å². The predicted octanol–water partition coefficient (Wildman–Crippen LogP) is 4.61. The van der Waals surface area contributed by atoms with Crippen LogP contribution in [0.1, 0.15) is 26.3 Å². The van der Waals surface area contributed by atoms with Crippen LogP contribution < -0.4 is 5.73 Å². The molecule has 0 aliphatic heterocycles. The average Bonchev–Trinajstić information content (AvgIpc) is 2.55. The van der Waals surface area contributed by atoms with Crippen molar-refractivity contribution in [3.63, 3.8) is 0 Å². The van der Waals surface area contributed by atoms with Crippen LogP contribution in [0.2, 0.25) is 0 Å². The Morgan fingerprint density at radius 1 is 1.19 bits per heavy atom. The van der Waals surface area contributed by atoms with E-state index < -0.39 is 10.1 Å². The van der Waals surface area contributed by atoms with Gasteiger partial charge in [0.05, 0.1) is 16.5 Å². The molecular weight excluding hydrogens is 392 g/mol. The van der Waals surface area contributed by atoms with Crippen LogP contribution in [0.3, 0.4) is 0 Å². The molecule has 2 aromatic rings. The number of nitrogens with two attached hydrogens (primary N) is 1. The maximum atomic E-state index is 11.4. The summed E-state index contributed by atoms with van der Waals surface area (Å²) in [6.07, 6.45) is 0. The Kier molecular flexibility index (Phi) is 6.39. The number of rotatable bonds is 5. The summed E-state index contributed by atoms with van der Waals surface area (Å²) >= 11 is 7.01. The standard InChI is InChI=1S/C18H21ClN2O3S2/c1-18(2,3)12-4-6-13(7-5-12)25-16-10-14(26(22,23)24)8-9-15(16)21-17(20)11-19/h4-10H,11H2,1-3H3,(H2,20,21)(H,22,23,24). The molecule has 0 unspecified atom stereocenters. The molecule has 140 valence electrons. The molecule has 8 heteroatoms. The van der Waals surface area contributed by atoms with Gasteiger partial charge in [-0.2, -0.15) is 8.42 Å². The first kappa shape index (κ1) is 20.8. The van der Waals surface area contributed by atoms with Crippen molar-refractivity contribution in [2.75, 3.05) is 5.88 Å². The molecule has 2 rings (SSSR count). The summed E-state index contributed by atoms with van der Waals surface area (Å²) in [6.45, 7) is 6.39. The van der Waals surface area contributed by atoms with E-state index in [0.29, 0.717) is 10.6 Å². The van der Waals surface area contributed by atoms with E-state index in [1.54, 1.807) is 0 Å². The first-order valence-electron chi connectivity index (χ1n) is 7.79. The Hall–Kier alpha value is -1.54. The molecule has 26 heavy (non-hydrogen) atoms. The molecule has 0 aromatic heterocycles. The van der Waals surface area contributed by atoms with Crippen LogP contribution in [-0.4, -0.2) is 24.7 Å². The average molecular weight is 413 g/mol. The fraction of sp³-hybridized carbons (Fsp3) is 0.278. The molecule has 5 nitrogen and oxygen atoms in total. The van der Waals surface area contributed by atoms with Gasteiger partial charge in [-0.15, -0.1) is 11.6 Å². The molecule has 0 radical (unpaired) electrons. The van der Waals surface area contributed by atoms with Crippen LogP contribution >= 0.6 is 23.4 Å². The highest BCUT2D eigenvalue weighted by molar-refractivity contribution is 7.99. The van der Waals surface area contributed by atoms with Crippen LogP contribution in [-0.2, 0) is 15.5 Å². The third-order valence-corrected chi connectivity index (χ3v) is 5.76. The van der Waals surface area contributed by atoms with Crippen LogP contribution in [0.5, 0.6) is 0 Å². The predicted molar refractivity (Wildman–Crippen MR) is 108 cm³/mol. The summed E-state index contributed by atoms with van der Waals surface area (Å²) in [5.41, 5.74) is 7.42. The first-order valence-corrected chi connectivity index (χ1v) is 10.6. The highest BCUT2D eigenvalue weighted by Crippen LogP contribution is 2.37. The molecule has 2 aromatic carbocycles. The fourth-order valence-corrected chi connectivity index (χ4v) is 3.73. The number of amidine groups is 1. The van der Waals surface area contributed by atoms with Gasteiger partial charge < -0.3 is 5.73 Å². The summed E-state index contributed by atoms with van der Waals surface area (Å²) in [5.74, 6) is 0.279. The van der Waals surface area contributed by atoms with Crippen molar-refractivity contribution in [3.05, 3.63) is 48.0 Å². The van der Waals surface area contributed by atoms with Crippen LogP contribution in [0.25, 0.3) is 0 Å². The summed E-state index contributed by atoms with van der Waals surface area (Å²) < 4.78 is 32.2. The van der Waals surface area contributed by atoms with Gasteiger partial charge in [-0.3, -0.25) is 4.55 Å². The van der Waals surface area contributed by atoms with Crippen molar-refractivity contribution in [1.82, 2.24) is 0 Å². The van der Waals surface area contributed by atoms with Gasteiger partial charge in [0.15, 0.2) is 0 Å². The van der Waals surface area contributed by atoms with Gasteiger partial charge in [0.1, 0.15) is 5.84 Å². The van der Waals surface area contributed by atoms with Crippen molar-refractivity contribution >= 4 is 45.0 Å². The lowest BCUT2D eigenvalue weighted by atomic mass is 9.87. The SMILES string of the molecule is CC(C)(C)c1ccc(Sc2cc(S(=O)(=O)O)ccc2N=C(N)CCl)cc1. The third-order valence-electron chi connectivity index (χ3n) is 3.58. The number of hydrogen-bond acceptors (Lipinski definition) is 4. The van der Waals surface area contributed by atoms with E-state index in [9.17, 15) is 13.0 Å². The molecule has 0 saturated carbocycles. The van der Waals surface area contributed by atoms with Crippen molar-refractivity contribution in [2.24, 2.45) is 10.7 Å². The van der Waals surface area contributed by atoms with Gasteiger partial charge in [0.2, 0.25) is 0 Å². The molecular formula is C18H21ClN2O3S2. The molecule has 0 spiro atoms. The number of alkyl halides is 1. The number of nitrogens with zero attached hydrogens (tertiary/aromatic N) is 1. The van der Waals surface area contributed by atoms with Crippen molar-refractivity contribution in [3.8, 4) is 0 Å². The normalized spacial score (nSPS) is 13.0. The third kappa shape index (κ3) is 5.48. The molecule has 0 bridgehead atoms. The maximum Gasteiger partial charge on any atom is 0.294 e. The van der Waals surface area contributed by atoms with Crippen molar-refractivity contribution in [1.29, 1.82) is 0 Å². The van der Waals surface area contributed by atoms with Gasteiger partial charge in [0, 0.05) is 9.79 Å². The number of benzene rings is 2. The van der Waals surface area contributed by atoms with Gasteiger partial charge >= 0.3 is 0 Å². The summed E-state index contributed by atoms with van der Waals surface area (Å²) in [6, 6.07) is 12.1. The van der Waals surface area contributed by atoms with Crippen LogP contribution in [0, 0.1) is 0 Å². The zero-order chi connectivity index (χ0) is 19.5. The van der Waals surface area contributed by atoms with E-state index in [0.717, 1.165) is 4.90 Å². The highest BCUT2D eigenvalue weighted by Gasteiger charge is 2.16. The van der Waals surface area contributed by atoms with Crippen molar-refractivity contribution < 1.29 is 13.0 Å². The molecule has 0 amide bonds. The Morgan fingerprint density at radius 3 is 2.31 bits per heavy atom. The fourth-order valence-electron chi connectivity index (χ4n) is 2.16. The molecule has 0 saturated heterocycles. The minimum atomic E-state index is -4.31. The number of hydrogen-bond donors (Lipinski definition) is 2. The van der Waals surface area contributed by atoms with E-state index in [1.165, 1.54) is 35.5 Å². The molecule has 0 aliphatic carbocycles.